The third-order valence-corrected chi connectivity index (χ3v) is 3.67. The Balaban J connectivity index is 1.86. The molecule has 2 heterocycles. The summed E-state index contributed by atoms with van der Waals surface area (Å²) in [6.07, 6.45) is 3.01. The number of anilines is 1. The highest BCUT2D eigenvalue weighted by molar-refractivity contribution is 6.04. The van der Waals surface area contributed by atoms with Gasteiger partial charge in [-0.05, 0) is 36.2 Å². The number of hydrogen-bond donors (Lipinski definition) is 1. The maximum Gasteiger partial charge on any atom is 0.256 e. The summed E-state index contributed by atoms with van der Waals surface area (Å²) in [7, 11) is 0. The molecule has 3 rings (SSSR count). The number of hydrogen-bond acceptors (Lipinski definition) is 5. The Kier molecular flexibility index (Phi) is 5.47. The fourth-order valence-corrected chi connectivity index (χ4v) is 2.37. The van der Waals surface area contributed by atoms with Gasteiger partial charge in [0.15, 0.2) is 11.6 Å². The van der Waals surface area contributed by atoms with Gasteiger partial charge in [-0.15, -0.1) is 0 Å². The molecule has 1 N–H and O–H groups in total. The molecule has 0 spiro atoms. The van der Waals surface area contributed by atoms with Gasteiger partial charge in [0, 0.05) is 11.8 Å². The number of rotatable bonds is 6. The molecule has 0 radical (unpaired) electrons. The van der Waals surface area contributed by atoms with Crippen molar-refractivity contribution in [3.63, 3.8) is 0 Å². The Labute approximate surface area is 157 Å². The highest BCUT2D eigenvalue weighted by atomic mass is 16.5. The van der Waals surface area contributed by atoms with Crippen LogP contribution in [-0.2, 0) is 0 Å². The van der Waals surface area contributed by atoms with Crippen LogP contribution in [0, 0.1) is 17.2 Å². The highest BCUT2D eigenvalue weighted by Gasteiger charge is 2.17. The van der Waals surface area contributed by atoms with Gasteiger partial charge >= 0.3 is 0 Å². The second-order valence-electron chi connectivity index (χ2n) is 6.31. The molecule has 27 heavy (non-hydrogen) atoms. The largest absolute Gasteiger partial charge is 0.493 e. The van der Waals surface area contributed by atoms with Crippen molar-refractivity contribution in [2.45, 2.75) is 13.8 Å². The van der Waals surface area contributed by atoms with Crippen molar-refractivity contribution in [1.82, 2.24) is 14.8 Å². The molecule has 0 aliphatic heterocycles. The van der Waals surface area contributed by atoms with Crippen LogP contribution in [0.1, 0.15) is 29.8 Å². The topological polar surface area (TPSA) is 92.8 Å². The number of carbonyl (C=O) groups is 1. The normalized spacial score (nSPS) is 10.4. The lowest BCUT2D eigenvalue weighted by molar-refractivity contribution is 0.102. The molecule has 0 saturated heterocycles. The number of aromatic nitrogens is 3. The van der Waals surface area contributed by atoms with Crippen LogP contribution in [0.3, 0.4) is 0 Å². The fraction of sp³-hybridized carbons (Fsp3) is 0.200. The van der Waals surface area contributed by atoms with Gasteiger partial charge in [0.2, 0.25) is 0 Å². The number of nitrogens with one attached hydrogen (secondary N) is 1. The van der Waals surface area contributed by atoms with Crippen LogP contribution in [0.5, 0.6) is 5.75 Å². The summed E-state index contributed by atoms with van der Waals surface area (Å²) >= 11 is 0. The van der Waals surface area contributed by atoms with Crippen molar-refractivity contribution in [1.29, 1.82) is 5.26 Å². The van der Waals surface area contributed by atoms with E-state index < -0.39 is 0 Å². The smallest absolute Gasteiger partial charge is 0.256 e. The molecule has 0 aliphatic rings. The molecule has 0 aliphatic carbocycles. The predicted octanol–water partition coefficient (Wildman–Crippen LogP) is 3.43. The molecule has 136 valence electrons. The average Bonchev–Trinajstić information content (AvgIpc) is 3.09. The minimum atomic E-state index is -0.362. The summed E-state index contributed by atoms with van der Waals surface area (Å²) in [6, 6.07) is 14.3. The lowest BCUT2D eigenvalue weighted by Gasteiger charge is -2.11. The van der Waals surface area contributed by atoms with Gasteiger partial charge in [-0.1, -0.05) is 26.0 Å². The van der Waals surface area contributed by atoms with E-state index in [-0.39, 0.29) is 17.3 Å². The second kappa shape index (κ2) is 8.15. The van der Waals surface area contributed by atoms with E-state index in [1.165, 1.54) is 10.9 Å². The highest BCUT2D eigenvalue weighted by Crippen LogP contribution is 2.20. The van der Waals surface area contributed by atoms with E-state index in [1.807, 2.05) is 6.07 Å². The van der Waals surface area contributed by atoms with E-state index in [0.717, 1.165) is 0 Å². The maximum atomic E-state index is 12.7. The Morgan fingerprint density at radius 2 is 2.15 bits per heavy atom. The molecule has 0 atom stereocenters. The van der Waals surface area contributed by atoms with Crippen LogP contribution in [0.4, 0.5) is 5.82 Å². The van der Waals surface area contributed by atoms with Gasteiger partial charge in [-0.2, -0.15) is 15.0 Å². The zero-order valence-corrected chi connectivity index (χ0v) is 15.1. The molecule has 2 aromatic heterocycles. The van der Waals surface area contributed by atoms with Crippen molar-refractivity contribution < 1.29 is 9.53 Å². The van der Waals surface area contributed by atoms with Gasteiger partial charge in [0.05, 0.1) is 12.8 Å². The van der Waals surface area contributed by atoms with Crippen LogP contribution >= 0.6 is 0 Å². The van der Waals surface area contributed by atoms with Crippen molar-refractivity contribution >= 4 is 11.7 Å². The Morgan fingerprint density at radius 1 is 1.30 bits per heavy atom. The van der Waals surface area contributed by atoms with Crippen LogP contribution in [0.15, 0.2) is 54.9 Å². The van der Waals surface area contributed by atoms with E-state index in [4.69, 9.17) is 4.74 Å². The maximum absolute atomic E-state index is 12.7. The summed E-state index contributed by atoms with van der Waals surface area (Å²) < 4.78 is 7.10. The summed E-state index contributed by atoms with van der Waals surface area (Å²) in [4.78, 5) is 16.9. The zero-order valence-electron chi connectivity index (χ0n) is 15.1. The van der Waals surface area contributed by atoms with Crippen LogP contribution < -0.4 is 10.1 Å². The third kappa shape index (κ3) is 4.30. The number of carbonyl (C=O) groups excluding carboxylic acids is 1. The number of nitriles is 1. The van der Waals surface area contributed by atoms with Crippen molar-refractivity contribution in [2.24, 2.45) is 5.92 Å². The lowest BCUT2D eigenvalue weighted by atomic mass is 10.2. The zero-order chi connectivity index (χ0) is 19.2. The second-order valence-corrected chi connectivity index (χ2v) is 6.31. The van der Waals surface area contributed by atoms with E-state index in [1.54, 1.807) is 48.7 Å². The minimum absolute atomic E-state index is 0.251. The van der Waals surface area contributed by atoms with E-state index >= 15 is 0 Å². The summed E-state index contributed by atoms with van der Waals surface area (Å²) in [5.74, 6) is 1.42. The number of benzene rings is 1. The molecule has 0 fully saturated rings. The molecular formula is C20H19N5O2. The van der Waals surface area contributed by atoms with Gasteiger partial charge in [-0.25, -0.2) is 4.98 Å². The number of ether oxygens (including phenoxy) is 1. The Bertz CT molecular complexity index is 974. The predicted molar refractivity (Wildman–Crippen MR) is 101 cm³/mol. The SMILES string of the molecule is CC(C)COc1cccc(C(=O)Nc2c(C#N)cnn2-c2ccccn2)c1. The van der Waals surface area contributed by atoms with Gasteiger partial charge in [0.25, 0.3) is 5.91 Å². The molecule has 0 bridgehead atoms. The van der Waals surface area contributed by atoms with Crippen LogP contribution in [0.25, 0.3) is 5.82 Å². The average molecular weight is 361 g/mol. The minimum Gasteiger partial charge on any atom is -0.493 e. The first-order valence-corrected chi connectivity index (χ1v) is 8.52. The van der Waals surface area contributed by atoms with E-state index in [9.17, 15) is 10.1 Å². The van der Waals surface area contributed by atoms with E-state index in [0.29, 0.717) is 29.7 Å². The van der Waals surface area contributed by atoms with Crippen molar-refractivity contribution in [3.8, 4) is 17.6 Å². The first-order valence-electron chi connectivity index (χ1n) is 8.52. The summed E-state index contributed by atoms with van der Waals surface area (Å²) in [5.41, 5.74) is 0.676. The first-order chi connectivity index (χ1) is 13.1. The van der Waals surface area contributed by atoms with Crippen molar-refractivity contribution in [3.05, 3.63) is 66.0 Å². The van der Waals surface area contributed by atoms with Crippen LogP contribution in [0.2, 0.25) is 0 Å². The number of pyridine rings is 1. The number of nitrogens with zero attached hydrogens (tertiary/aromatic N) is 4. The van der Waals surface area contributed by atoms with Gasteiger partial charge in [0.1, 0.15) is 17.4 Å². The molecule has 3 aromatic rings. The molecule has 7 heteroatoms. The van der Waals surface area contributed by atoms with Gasteiger partial charge < -0.3 is 10.1 Å². The molecular weight excluding hydrogens is 342 g/mol. The fourth-order valence-electron chi connectivity index (χ4n) is 2.37. The molecule has 0 unspecified atom stereocenters. The molecule has 1 amide bonds. The molecule has 0 saturated carbocycles. The standard InChI is InChI=1S/C20H19N5O2/c1-14(2)13-27-17-7-5-6-15(10-17)20(26)24-19-16(11-21)12-23-25(19)18-8-3-4-9-22-18/h3-10,12,14H,13H2,1-2H3,(H,24,26). The van der Waals surface area contributed by atoms with E-state index in [2.05, 4.69) is 29.2 Å². The van der Waals surface area contributed by atoms with Crippen LogP contribution in [-0.4, -0.2) is 27.3 Å². The monoisotopic (exact) mass is 361 g/mol. The molecule has 7 nitrogen and oxygen atoms in total. The number of amides is 1. The van der Waals surface area contributed by atoms with Crippen molar-refractivity contribution in [2.75, 3.05) is 11.9 Å². The Hall–Kier alpha value is -3.66. The summed E-state index contributed by atoms with van der Waals surface area (Å²) in [6.45, 7) is 4.67. The van der Waals surface area contributed by atoms with Gasteiger partial charge in [-0.3, -0.25) is 4.79 Å². The summed E-state index contributed by atoms with van der Waals surface area (Å²) in [5, 5.41) is 16.3. The molecule has 1 aromatic carbocycles. The Morgan fingerprint density at radius 3 is 2.85 bits per heavy atom. The lowest BCUT2D eigenvalue weighted by Crippen LogP contribution is -2.16. The quantitative estimate of drug-likeness (QED) is 0.726. The first kappa shape index (κ1) is 18.1. The third-order valence-electron chi connectivity index (χ3n) is 3.67.